The maximum atomic E-state index is 12.4. The van der Waals surface area contributed by atoms with Crippen LogP contribution in [0.5, 0.6) is 5.75 Å². The fourth-order valence-electron chi connectivity index (χ4n) is 2.81. The smallest absolute Gasteiger partial charge is 0.319 e. The van der Waals surface area contributed by atoms with E-state index < -0.39 is 0 Å². The quantitative estimate of drug-likeness (QED) is 0.893. The number of aromatic nitrogens is 1. The summed E-state index contributed by atoms with van der Waals surface area (Å²) in [6.07, 6.45) is 2.30. The number of benzene rings is 1. The fraction of sp³-hybridized carbons (Fsp3) is 0.278. The van der Waals surface area contributed by atoms with Crippen LogP contribution in [0, 0.1) is 0 Å². The highest BCUT2D eigenvalue weighted by Gasteiger charge is 2.28. The van der Waals surface area contributed by atoms with E-state index in [-0.39, 0.29) is 18.0 Å². The molecule has 130 valence electrons. The van der Waals surface area contributed by atoms with E-state index in [0.29, 0.717) is 36.6 Å². The first-order valence-corrected chi connectivity index (χ1v) is 8.08. The maximum absolute atomic E-state index is 12.4. The molecular formula is C18H20N4O3. The number of ether oxygens (including phenoxy) is 1. The first-order valence-electron chi connectivity index (χ1n) is 8.08. The minimum atomic E-state index is -0.318. The van der Waals surface area contributed by atoms with Crippen LogP contribution in [0.2, 0.25) is 0 Å². The van der Waals surface area contributed by atoms with Crippen LogP contribution in [0.3, 0.4) is 0 Å². The highest BCUT2D eigenvalue weighted by molar-refractivity contribution is 5.93. The highest BCUT2D eigenvalue weighted by Crippen LogP contribution is 2.23. The van der Waals surface area contributed by atoms with E-state index in [2.05, 4.69) is 15.6 Å². The number of nitrogens with zero attached hydrogens (tertiary/aromatic N) is 2. The molecule has 1 aliphatic heterocycles. The standard InChI is InChI=1S/C18H20N4O3/c1-25-16-8-3-2-6-14(16)21-18(24)20-13-9-11-22(12-13)17(23)15-7-4-5-10-19-15/h2-8,10,13H,9,11-12H2,1H3,(H2,20,21,24)/t13-/m1/s1. The largest absolute Gasteiger partial charge is 0.495 e. The van der Waals surface area contributed by atoms with Crippen molar-refractivity contribution < 1.29 is 14.3 Å². The molecule has 1 saturated heterocycles. The lowest BCUT2D eigenvalue weighted by Crippen LogP contribution is -2.40. The maximum Gasteiger partial charge on any atom is 0.319 e. The Hall–Kier alpha value is -3.09. The Bertz CT molecular complexity index is 751. The molecule has 7 nitrogen and oxygen atoms in total. The summed E-state index contributed by atoms with van der Waals surface area (Å²) >= 11 is 0. The summed E-state index contributed by atoms with van der Waals surface area (Å²) in [4.78, 5) is 30.3. The number of anilines is 1. The van der Waals surface area contributed by atoms with Gasteiger partial charge in [0, 0.05) is 25.3 Å². The molecule has 2 aromatic rings. The minimum Gasteiger partial charge on any atom is -0.495 e. The number of para-hydroxylation sites is 2. The van der Waals surface area contributed by atoms with E-state index in [1.54, 1.807) is 48.5 Å². The second-order valence-corrected chi connectivity index (χ2v) is 5.75. The second-order valence-electron chi connectivity index (χ2n) is 5.75. The molecule has 1 fully saturated rings. The van der Waals surface area contributed by atoms with Crippen LogP contribution in [-0.2, 0) is 0 Å². The lowest BCUT2D eigenvalue weighted by atomic mass is 10.2. The van der Waals surface area contributed by atoms with Gasteiger partial charge in [0.2, 0.25) is 0 Å². The number of urea groups is 1. The van der Waals surface area contributed by atoms with Crippen LogP contribution >= 0.6 is 0 Å². The van der Waals surface area contributed by atoms with Crippen molar-refractivity contribution in [1.29, 1.82) is 0 Å². The number of amides is 3. The topological polar surface area (TPSA) is 83.6 Å². The van der Waals surface area contributed by atoms with E-state index in [9.17, 15) is 9.59 Å². The molecule has 0 aliphatic carbocycles. The van der Waals surface area contributed by atoms with Crippen LogP contribution in [0.25, 0.3) is 0 Å². The van der Waals surface area contributed by atoms with E-state index >= 15 is 0 Å². The summed E-state index contributed by atoms with van der Waals surface area (Å²) in [6.45, 7) is 1.06. The van der Waals surface area contributed by atoms with Crippen molar-refractivity contribution in [3.05, 3.63) is 54.4 Å². The molecule has 3 rings (SSSR count). The Labute approximate surface area is 146 Å². The lowest BCUT2D eigenvalue weighted by Gasteiger charge is -2.17. The zero-order chi connectivity index (χ0) is 17.6. The number of likely N-dealkylation sites (tertiary alicyclic amines) is 1. The van der Waals surface area contributed by atoms with Gasteiger partial charge in [0.15, 0.2) is 0 Å². The summed E-state index contributed by atoms with van der Waals surface area (Å²) in [5.74, 6) is 0.478. The molecule has 0 unspecified atom stereocenters. The van der Waals surface area contributed by atoms with Gasteiger partial charge in [-0.2, -0.15) is 0 Å². The van der Waals surface area contributed by atoms with E-state index in [1.165, 1.54) is 0 Å². The molecule has 0 radical (unpaired) electrons. The third-order valence-corrected chi connectivity index (χ3v) is 4.05. The molecule has 1 aromatic heterocycles. The summed E-state index contributed by atoms with van der Waals surface area (Å²) < 4.78 is 5.21. The molecule has 0 saturated carbocycles. The van der Waals surface area contributed by atoms with Gasteiger partial charge in [-0.3, -0.25) is 9.78 Å². The molecule has 7 heteroatoms. The predicted molar refractivity (Wildman–Crippen MR) is 93.7 cm³/mol. The van der Waals surface area contributed by atoms with Gasteiger partial charge in [-0.05, 0) is 30.7 Å². The molecule has 3 amide bonds. The monoisotopic (exact) mass is 340 g/mol. The average molecular weight is 340 g/mol. The van der Waals surface area contributed by atoms with Crippen LogP contribution < -0.4 is 15.4 Å². The van der Waals surface area contributed by atoms with E-state index in [1.807, 2.05) is 12.1 Å². The zero-order valence-electron chi connectivity index (χ0n) is 13.9. The number of carbonyl (C=O) groups is 2. The lowest BCUT2D eigenvalue weighted by molar-refractivity contribution is 0.0783. The third-order valence-electron chi connectivity index (χ3n) is 4.05. The van der Waals surface area contributed by atoms with Crippen LogP contribution in [0.1, 0.15) is 16.9 Å². The SMILES string of the molecule is COc1ccccc1NC(=O)N[C@@H]1CCN(C(=O)c2ccccn2)C1. The van der Waals surface area contributed by atoms with Crippen molar-refractivity contribution in [2.45, 2.75) is 12.5 Å². The molecule has 1 aromatic carbocycles. The number of hydrogen-bond acceptors (Lipinski definition) is 4. The summed E-state index contributed by atoms with van der Waals surface area (Å²) in [5, 5.41) is 5.67. The average Bonchev–Trinajstić information content (AvgIpc) is 3.10. The molecule has 0 spiro atoms. The van der Waals surface area contributed by atoms with Gasteiger partial charge in [0.05, 0.1) is 12.8 Å². The molecular weight excluding hydrogens is 320 g/mol. The number of rotatable bonds is 4. The van der Waals surface area contributed by atoms with Crippen molar-refractivity contribution in [3.63, 3.8) is 0 Å². The Morgan fingerprint density at radius 2 is 2.00 bits per heavy atom. The molecule has 0 bridgehead atoms. The number of hydrogen-bond donors (Lipinski definition) is 2. The molecule has 25 heavy (non-hydrogen) atoms. The Morgan fingerprint density at radius 1 is 1.20 bits per heavy atom. The Morgan fingerprint density at radius 3 is 2.76 bits per heavy atom. The number of carbonyl (C=O) groups excluding carboxylic acids is 2. The molecule has 2 heterocycles. The van der Waals surface area contributed by atoms with Gasteiger partial charge in [0.25, 0.3) is 5.91 Å². The minimum absolute atomic E-state index is 0.0950. The summed E-state index contributed by atoms with van der Waals surface area (Å²) in [7, 11) is 1.55. The van der Waals surface area contributed by atoms with Gasteiger partial charge < -0.3 is 20.3 Å². The van der Waals surface area contributed by atoms with Crippen molar-refractivity contribution in [2.75, 3.05) is 25.5 Å². The van der Waals surface area contributed by atoms with Gasteiger partial charge >= 0.3 is 6.03 Å². The Balaban J connectivity index is 1.54. The van der Waals surface area contributed by atoms with E-state index in [0.717, 1.165) is 0 Å². The third kappa shape index (κ3) is 4.06. The van der Waals surface area contributed by atoms with Gasteiger partial charge in [0.1, 0.15) is 11.4 Å². The van der Waals surface area contributed by atoms with Gasteiger partial charge in [-0.1, -0.05) is 18.2 Å². The van der Waals surface area contributed by atoms with Crippen molar-refractivity contribution >= 4 is 17.6 Å². The van der Waals surface area contributed by atoms with Crippen LogP contribution in [0.15, 0.2) is 48.7 Å². The molecule has 1 atom stereocenters. The Kier molecular flexibility index (Phi) is 5.13. The molecule has 1 aliphatic rings. The number of pyridine rings is 1. The van der Waals surface area contributed by atoms with E-state index in [4.69, 9.17) is 4.74 Å². The van der Waals surface area contributed by atoms with Crippen LogP contribution in [-0.4, -0.2) is 48.1 Å². The first-order chi connectivity index (χ1) is 12.2. The van der Waals surface area contributed by atoms with Crippen molar-refractivity contribution in [2.24, 2.45) is 0 Å². The second kappa shape index (κ2) is 7.65. The van der Waals surface area contributed by atoms with Crippen molar-refractivity contribution in [1.82, 2.24) is 15.2 Å². The zero-order valence-corrected chi connectivity index (χ0v) is 13.9. The van der Waals surface area contributed by atoms with Gasteiger partial charge in [-0.15, -0.1) is 0 Å². The fourth-order valence-corrected chi connectivity index (χ4v) is 2.81. The predicted octanol–water partition coefficient (Wildman–Crippen LogP) is 2.13. The summed E-state index contributed by atoms with van der Waals surface area (Å²) in [5.41, 5.74) is 1.02. The van der Waals surface area contributed by atoms with Crippen molar-refractivity contribution in [3.8, 4) is 5.75 Å². The molecule has 2 N–H and O–H groups in total. The first kappa shape index (κ1) is 16.8. The normalized spacial score (nSPS) is 16.4. The highest BCUT2D eigenvalue weighted by atomic mass is 16.5. The number of methoxy groups -OCH3 is 1. The summed E-state index contributed by atoms with van der Waals surface area (Å²) in [6, 6.07) is 12.0. The van der Waals surface area contributed by atoms with Gasteiger partial charge in [-0.25, -0.2) is 4.79 Å². The number of nitrogens with one attached hydrogen (secondary N) is 2. The van der Waals surface area contributed by atoms with Crippen LogP contribution in [0.4, 0.5) is 10.5 Å².